The second-order valence-electron chi connectivity index (χ2n) is 5.70. The van der Waals surface area contributed by atoms with Crippen LogP contribution < -0.4 is 10.9 Å². The Morgan fingerprint density at radius 3 is 3.23 bits per heavy atom. The Morgan fingerprint density at radius 2 is 2.41 bits per heavy atom. The van der Waals surface area contributed by atoms with E-state index in [4.69, 9.17) is 4.74 Å². The molecule has 1 aliphatic rings. The van der Waals surface area contributed by atoms with Gasteiger partial charge in [0.1, 0.15) is 5.39 Å². The maximum atomic E-state index is 12.0. The van der Waals surface area contributed by atoms with Crippen LogP contribution in [0.2, 0.25) is 0 Å². The molecule has 8 heteroatoms. The number of aryl methyl sites for hydroxylation is 1. The van der Waals surface area contributed by atoms with Gasteiger partial charge in [0.05, 0.1) is 12.8 Å². The van der Waals surface area contributed by atoms with Crippen molar-refractivity contribution in [1.29, 1.82) is 0 Å². The molecule has 2 N–H and O–H groups in total. The molecule has 1 atom stereocenters. The zero-order valence-electron chi connectivity index (χ0n) is 13.0. The molecule has 3 heterocycles. The Balaban J connectivity index is 1.72. The first-order valence-electron chi connectivity index (χ1n) is 7.57. The number of aromatic nitrogens is 4. The van der Waals surface area contributed by atoms with Crippen LogP contribution in [0.1, 0.15) is 12.8 Å². The van der Waals surface area contributed by atoms with E-state index in [2.05, 4.69) is 25.3 Å². The molecule has 0 amide bonds. The first-order chi connectivity index (χ1) is 10.7. The summed E-state index contributed by atoms with van der Waals surface area (Å²) >= 11 is 0. The Kier molecular flexibility index (Phi) is 4.39. The number of aromatic amines is 1. The molecule has 2 aromatic heterocycles. The number of rotatable bonds is 5. The summed E-state index contributed by atoms with van der Waals surface area (Å²) < 4.78 is 6.75. The molecule has 0 spiro atoms. The predicted octanol–water partition coefficient (Wildman–Crippen LogP) is 0.179. The molecule has 0 radical (unpaired) electrons. The number of nitrogens with zero attached hydrogens (tertiary/aromatic N) is 4. The molecule has 120 valence electrons. The van der Waals surface area contributed by atoms with Gasteiger partial charge in [0.2, 0.25) is 5.95 Å². The van der Waals surface area contributed by atoms with E-state index >= 15 is 0 Å². The molecule has 0 saturated carbocycles. The number of methoxy groups -OCH3 is 1. The summed E-state index contributed by atoms with van der Waals surface area (Å²) in [5, 5.41) is 7.93. The Hall–Kier alpha value is -1.93. The molecule has 22 heavy (non-hydrogen) atoms. The van der Waals surface area contributed by atoms with Crippen LogP contribution >= 0.6 is 0 Å². The van der Waals surface area contributed by atoms with Crippen LogP contribution in [0.4, 0.5) is 5.95 Å². The molecule has 3 rings (SSSR count). The lowest BCUT2D eigenvalue weighted by atomic mass is 10.1. The van der Waals surface area contributed by atoms with Crippen LogP contribution in [0.3, 0.4) is 0 Å². The summed E-state index contributed by atoms with van der Waals surface area (Å²) in [5.74, 6) is 0.514. The molecule has 1 saturated heterocycles. The zero-order chi connectivity index (χ0) is 15.5. The fourth-order valence-corrected chi connectivity index (χ4v) is 2.89. The lowest BCUT2D eigenvalue weighted by molar-refractivity contribution is 0.131. The monoisotopic (exact) mass is 306 g/mol. The maximum absolute atomic E-state index is 12.0. The van der Waals surface area contributed by atoms with Gasteiger partial charge in [-0.3, -0.25) is 19.4 Å². The van der Waals surface area contributed by atoms with E-state index in [1.54, 1.807) is 18.8 Å². The number of nitrogens with one attached hydrogen (secondary N) is 2. The first-order valence-corrected chi connectivity index (χ1v) is 7.57. The molecule has 0 bridgehead atoms. The minimum atomic E-state index is -0.160. The van der Waals surface area contributed by atoms with Crippen LogP contribution in [-0.4, -0.2) is 64.0 Å². The second-order valence-corrected chi connectivity index (χ2v) is 5.70. The van der Waals surface area contributed by atoms with Gasteiger partial charge in [-0.2, -0.15) is 10.1 Å². The predicted molar refractivity (Wildman–Crippen MR) is 84.1 cm³/mol. The SMILES string of the molecule is COCCN1CCC[C@@H](Nc2nc3c(cnn3C)c(=O)[nH]2)C1. The van der Waals surface area contributed by atoms with Crippen LogP contribution in [0.15, 0.2) is 11.0 Å². The van der Waals surface area contributed by atoms with Crippen LogP contribution in [-0.2, 0) is 11.8 Å². The van der Waals surface area contributed by atoms with Gasteiger partial charge in [-0.25, -0.2) is 0 Å². The van der Waals surface area contributed by atoms with Gasteiger partial charge in [0, 0.05) is 33.3 Å². The summed E-state index contributed by atoms with van der Waals surface area (Å²) in [4.78, 5) is 21.7. The van der Waals surface area contributed by atoms with Crippen LogP contribution in [0.5, 0.6) is 0 Å². The third kappa shape index (κ3) is 3.12. The molecule has 2 aromatic rings. The van der Waals surface area contributed by atoms with Crippen molar-refractivity contribution in [1.82, 2.24) is 24.6 Å². The van der Waals surface area contributed by atoms with Gasteiger partial charge in [-0.05, 0) is 19.4 Å². The van der Waals surface area contributed by atoms with E-state index in [9.17, 15) is 4.79 Å². The van der Waals surface area contributed by atoms with Gasteiger partial charge >= 0.3 is 0 Å². The topological polar surface area (TPSA) is 88.1 Å². The molecule has 8 nitrogen and oxygen atoms in total. The minimum Gasteiger partial charge on any atom is -0.383 e. The van der Waals surface area contributed by atoms with E-state index in [0.29, 0.717) is 17.0 Å². The summed E-state index contributed by atoms with van der Waals surface area (Å²) in [5.41, 5.74) is 0.436. The first kappa shape index (κ1) is 15.0. The average molecular weight is 306 g/mol. The lowest BCUT2D eigenvalue weighted by Crippen LogP contribution is -2.43. The number of hydrogen-bond donors (Lipinski definition) is 2. The number of ether oxygens (including phenoxy) is 1. The largest absolute Gasteiger partial charge is 0.383 e. The highest BCUT2D eigenvalue weighted by Gasteiger charge is 2.20. The Bertz CT molecular complexity index is 694. The van der Waals surface area contributed by atoms with Gasteiger partial charge in [-0.1, -0.05) is 0 Å². The number of fused-ring (bicyclic) bond motifs is 1. The van der Waals surface area contributed by atoms with E-state index < -0.39 is 0 Å². The fourth-order valence-electron chi connectivity index (χ4n) is 2.89. The molecule has 1 aliphatic heterocycles. The van der Waals surface area contributed by atoms with Gasteiger partial charge < -0.3 is 10.1 Å². The highest BCUT2D eigenvalue weighted by molar-refractivity contribution is 5.74. The average Bonchev–Trinajstić information content (AvgIpc) is 2.88. The minimum absolute atomic E-state index is 0.160. The van der Waals surface area contributed by atoms with Crippen molar-refractivity contribution in [3.8, 4) is 0 Å². The summed E-state index contributed by atoms with van der Waals surface area (Å²) in [6.07, 6.45) is 3.73. The van der Waals surface area contributed by atoms with Crippen molar-refractivity contribution >= 4 is 17.0 Å². The van der Waals surface area contributed by atoms with Crippen molar-refractivity contribution in [2.24, 2.45) is 7.05 Å². The molecular formula is C14H22N6O2. The number of likely N-dealkylation sites (tertiary alicyclic amines) is 1. The van der Waals surface area contributed by atoms with E-state index in [1.165, 1.54) is 6.20 Å². The number of H-pyrrole nitrogens is 1. The Labute approximate surface area is 128 Å². The maximum Gasteiger partial charge on any atom is 0.263 e. The highest BCUT2D eigenvalue weighted by Crippen LogP contribution is 2.14. The number of anilines is 1. The molecular weight excluding hydrogens is 284 g/mol. The number of hydrogen-bond acceptors (Lipinski definition) is 6. The van der Waals surface area contributed by atoms with Crippen molar-refractivity contribution in [3.05, 3.63) is 16.6 Å². The Morgan fingerprint density at radius 1 is 1.55 bits per heavy atom. The standard InChI is InChI=1S/C14H22N6O2/c1-19-12-11(8-15-19)13(21)18-14(17-12)16-10-4-3-5-20(9-10)6-7-22-2/h8,10H,3-7,9H2,1-2H3,(H2,16,17,18,21)/t10-/m1/s1. The molecule has 0 unspecified atom stereocenters. The van der Waals surface area contributed by atoms with Crippen molar-refractivity contribution in [3.63, 3.8) is 0 Å². The van der Waals surface area contributed by atoms with Gasteiger partial charge in [0.15, 0.2) is 5.65 Å². The van der Waals surface area contributed by atoms with Gasteiger partial charge in [0.25, 0.3) is 5.56 Å². The normalized spacial score (nSPS) is 19.6. The molecule has 0 aromatic carbocycles. The van der Waals surface area contributed by atoms with Crippen LogP contribution in [0, 0.1) is 0 Å². The highest BCUT2D eigenvalue weighted by atomic mass is 16.5. The van der Waals surface area contributed by atoms with Crippen molar-refractivity contribution < 1.29 is 4.74 Å². The number of piperidine rings is 1. The van der Waals surface area contributed by atoms with Crippen LogP contribution in [0.25, 0.3) is 11.0 Å². The smallest absolute Gasteiger partial charge is 0.263 e. The third-order valence-corrected chi connectivity index (χ3v) is 4.06. The summed E-state index contributed by atoms with van der Waals surface area (Å²) in [7, 11) is 3.50. The quantitative estimate of drug-likeness (QED) is 0.819. The lowest BCUT2D eigenvalue weighted by Gasteiger charge is -2.32. The third-order valence-electron chi connectivity index (χ3n) is 4.06. The fraction of sp³-hybridized carbons (Fsp3) is 0.643. The summed E-state index contributed by atoms with van der Waals surface area (Å²) in [6, 6.07) is 0.277. The van der Waals surface area contributed by atoms with E-state index in [1.807, 2.05) is 0 Å². The second kappa shape index (κ2) is 6.45. The van der Waals surface area contributed by atoms with Crippen molar-refractivity contribution in [2.75, 3.05) is 38.7 Å². The molecule has 1 fully saturated rings. The molecule has 0 aliphatic carbocycles. The summed E-state index contributed by atoms with van der Waals surface area (Å²) in [6.45, 7) is 3.69. The van der Waals surface area contributed by atoms with Gasteiger partial charge in [-0.15, -0.1) is 0 Å². The van der Waals surface area contributed by atoms with Crippen molar-refractivity contribution in [2.45, 2.75) is 18.9 Å². The zero-order valence-corrected chi connectivity index (χ0v) is 13.0. The van der Waals surface area contributed by atoms with E-state index in [-0.39, 0.29) is 11.6 Å². The van der Waals surface area contributed by atoms with E-state index in [0.717, 1.165) is 39.1 Å².